The number of anilines is 2. The van der Waals surface area contributed by atoms with Crippen molar-refractivity contribution < 1.29 is 0 Å². The van der Waals surface area contributed by atoms with Crippen molar-refractivity contribution in [1.82, 2.24) is 9.38 Å². The van der Waals surface area contributed by atoms with Crippen molar-refractivity contribution >= 4 is 28.2 Å². The number of rotatable bonds is 4. The van der Waals surface area contributed by atoms with Crippen LogP contribution in [0.15, 0.2) is 78.9 Å². The minimum atomic E-state index is 0.553. The van der Waals surface area contributed by atoms with E-state index in [0.717, 1.165) is 33.5 Å². The van der Waals surface area contributed by atoms with Crippen LogP contribution < -0.4 is 5.32 Å². The normalized spacial score (nSPS) is 10.7. The van der Waals surface area contributed by atoms with E-state index in [4.69, 9.17) is 4.98 Å². The van der Waals surface area contributed by atoms with Crippen molar-refractivity contribution in [1.29, 1.82) is 10.5 Å². The topological polar surface area (TPSA) is 76.9 Å². The first kappa shape index (κ1) is 19.4. The van der Waals surface area contributed by atoms with Gasteiger partial charge in [0.2, 0.25) is 0 Å². The second-order valence-corrected chi connectivity index (χ2v) is 7.64. The fourth-order valence-corrected chi connectivity index (χ4v) is 4.15. The first-order chi connectivity index (χ1) is 15.7. The number of nitrogens with one attached hydrogen (secondary N) is 1. The highest BCUT2D eigenvalue weighted by atomic mass is 15.1. The van der Waals surface area contributed by atoms with Gasteiger partial charge in [0.1, 0.15) is 18.0 Å². The molecule has 0 bridgehead atoms. The molecule has 3 aromatic carbocycles. The zero-order valence-electron chi connectivity index (χ0n) is 17.5. The molecule has 0 unspecified atom stereocenters. The number of fused-ring (bicyclic) bond motifs is 3. The lowest BCUT2D eigenvalue weighted by Gasteiger charge is -2.19. The van der Waals surface area contributed by atoms with Crippen molar-refractivity contribution in [3.63, 3.8) is 0 Å². The van der Waals surface area contributed by atoms with E-state index in [1.807, 2.05) is 72.0 Å². The summed E-state index contributed by atoms with van der Waals surface area (Å²) in [5, 5.41) is 23.2. The number of hydrogen-bond donors (Lipinski definition) is 1. The largest absolute Gasteiger partial charge is 0.340 e. The van der Waals surface area contributed by atoms with E-state index in [1.165, 1.54) is 0 Å². The van der Waals surface area contributed by atoms with Gasteiger partial charge >= 0.3 is 0 Å². The summed E-state index contributed by atoms with van der Waals surface area (Å²) in [6.45, 7) is 1.97. The van der Waals surface area contributed by atoms with Crippen LogP contribution in [0.25, 0.3) is 16.7 Å². The molecule has 0 atom stereocenters. The maximum Gasteiger partial charge on any atom is 0.157 e. The van der Waals surface area contributed by atoms with E-state index >= 15 is 0 Å². The van der Waals surface area contributed by atoms with Crippen LogP contribution in [0.3, 0.4) is 0 Å². The van der Waals surface area contributed by atoms with Crippen LogP contribution in [0.2, 0.25) is 0 Å². The summed E-state index contributed by atoms with van der Waals surface area (Å²) in [5.41, 5.74) is 7.19. The molecule has 0 spiro atoms. The summed E-state index contributed by atoms with van der Waals surface area (Å²) in [6, 6.07) is 30.1. The Morgan fingerprint density at radius 2 is 1.59 bits per heavy atom. The third kappa shape index (κ3) is 3.14. The lowest BCUT2D eigenvalue weighted by atomic mass is 9.97. The molecule has 5 nitrogen and oxygen atoms in total. The molecular weight excluding hydrogens is 394 g/mol. The molecule has 5 heteroatoms. The highest BCUT2D eigenvalue weighted by molar-refractivity contribution is 5.87. The molecule has 0 radical (unpaired) electrons. The number of hydrogen-bond acceptors (Lipinski definition) is 4. The molecule has 0 saturated heterocycles. The molecule has 2 aromatic heterocycles. The van der Waals surface area contributed by atoms with E-state index in [0.29, 0.717) is 28.9 Å². The van der Waals surface area contributed by atoms with Gasteiger partial charge in [-0.15, -0.1) is 0 Å². The summed E-state index contributed by atoms with van der Waals surface area (Å²) in [4.78, 5) is 4.78. The highest BCUT2D eigenvalue weighted by Crippen LogP contribution is 2.34. The number of nitriles is 2. The van der Waals surface area contributed by atoms with Crippen molar-refractivity contribution in [3.8, 4) is 12.1 Å². The molecule has 0 aliphatic rings. The monoisotopic (exact) mass is 413 g/mol. The molecule has 1 N–H and O–H groups in total. The molecule has 0 amide bonds. The van der Waals surface area contributed by atoms with E-state index < -0.39 is 0 Å². The Morgan fingerprint density at radius 1 is 0.875 bits per heavy atom. The lowest BCUT2D eigenvalue weighted by molar-refractivity contribution is 1.08. The molecule has 32 heavy (non-hydrogen) atoms. The van der Waals surface area contributed by atoms with Crippen molar-refractivity contribution in [2.24, 2.45) is 0 Å². The molecule has 0 aliphatic heterocycles. The van der Waals surface area contributed by atoms with Gasteiger partial charge in [0, 0.05) is 12.0 Å². The summed E-state index contributed by atoms with van der Waals surface area (Å²) < 4.78 is 2.01. The van der Waals surface area contributed by atoms with Gasteiger partial charge in [0.05, 0.1) is 27.8 Å². The first-order valence-corrected chi connectivity index (χ1v) is 10.3. The number of para-hydroxylation sites is 3. The quantitative estimate of drug-likeness (QED) is 0.399. The average molecular weight is 413 g/mol. The molecule has 5 rings (SSSR count). The number of benzene rings is 3. The van der Waals surface area contributed by atoms with Crippen LogP contribution in [0.5, 0.6) is 0 Å². The summed E-state index contributed by atoms with van der Waals surface area (Å²) >= 11 is 0. The minimum Gasteiger partial charge on any atom is -0.340 e. The van der Waals surface area contributed by atoms with E-state index in [2.05, 4.69) is 29.6 Å². The fraction of sp³-hybridized carbons (Fsp3) is 0.0741. The predicted octanol–water partition coefficient (Wildman–Crippen LogP) is 5.87. The molecule has 0 saturated carbocycles. The Labute approximate surface area is 185 Å². The molecule has 5 aromatic rings. The van der Waals surface area contributed by atoms with Gasteiger partial charge in [-0.25, -0.2) is 4.98 Å². The van der Waals surface area contributed by atoms with Gasteiger partial charge in [0.25, 0.3) is 0 Å². The lowest BCUT2D eigenvalue weighted by Crippen LogP contribution is -2.09. The second kappa shape index (κ2) is 7.91. The average Bonchev–Trinajstić information content (AvgIpc) is 3.21. The predicted molar refractivity (Wildman–Crippen MR) is 126 cm³/mol. The van der Waals surface area contributed by atoms with Gasteiger partial charge in [-0.1, -0.05) is 54.6 Å². The Morgan fingerprint density at radius 3 is 2.38 bits per heavy atom. The Balaban J connectivity index is 1.87. The smallest absolute Gasteiger partial charge is 0.157 e. The zero-order chi connectivity index (χ0) is 22.1. The van der Waals surface area contributed by atoms with Gasteiger partial charge in [-0.05, 0) is 42.3 Å². The Hall–Kier alpha value is -4.61. The van der Waals surface area contributed by atoms with Crippen molar-refractivity contribution in [2.75, 3.05) is 5.32 Å². The summed E-state index contributed by atoms with van der Waals surface area (Å²) in [5.74, 6) is 0.816. The van der Waals surface area contributed by atoms with Crippen LogP contribution in [-0.2, 0) is 6.42 Å². The zero-order valence-corrected chi connectivity index (χ0v) is 17.5. The molecular formula is C27H19N5. The third-order valence-electron chi connectivity index (χ3n) is 5.76. The van der Waals surface area contributed by atoms with E-state index in [-0.39, 0.29) is 0 Å². The van der Waals surface area contributed by atoms with Gasteiger partial charge in [-0.3, -0.25) is 4.40 Å². The minimum absolute atomic E-state index is 0.553. The number of aromatic nitrogens is 2. The molecule has 0 fully saturated rings. The van der Waals surface area contributed by atoms with Crippen LogP contribution in [-0.4, -0.2) is 9.38 Å². The molecule has 0 aliphatic carbocycles. The van der Waals surface area contributed by atoms with Crippen molar-refractivity contribution in [3.05, 3.63) is 107 Å². The van der Waals surface area contributed by atoms with Crippen LogP contribution in [0, 0.1) is 29.6 Å². The van der Waals surface area contributed by atoms with Crippen LogP contribution in [0.1, 0.15) is 27.8 Å². The van der Waals surface area contributed by atoms with Gasteiger partial charge < -0.3 is 5.32 Å². The van der Waals surface area contributed by atoms with E-state index in [1.54, 1.807) is 6.07 Å². The van der Waals surface area contributed by atoms with Gasteiger partial charge in [0.15, 0.2) is 5.65 Å². The SMILES string of the molecule is Cc1c(Cc2ccccc2)c(Nc2ccccc2C#N)n2c(nc3ccccc32)c1C#N. The fourth-order valence-electron chi connectivity index (χ4n) is 4.15. The van der Waals surface area contributed by atoms with Crippen LogP contribution in [0.4, 0.5) is 11.5 Å². The number of pyridine rings is 1. The number of nitrogens with zero attached hydrogens (tertiary/aromatic N) is 4. The summed E-state index contributed by atoms with van der Waals surface area (Å²) in [6.07, 6.45) is 0.640. The van der Waals surface area contributed by atoms with Gasteiger partial charge in [-0.2, -0.15) is 10.5 Å². The second-order valence-electron chi connectivity index (χ2n) is 7.64. The van der Waals surface area contributed by atoms with Crippen molar-refractivity contribution in [2.45, 2.75) is 13.3 Å². The molecule has 152 valence electrons. The Bertz CT molecular complexity index is 1550. The van der Waals surface area contributed by atoms with E-state index in [9.17, 15) is 10.5 Å². The highest BCUT2D eigenvalue weighted by Gasteiger charge is 2.21. The first-order valence-electron chi connectivity index (χ1n) is 10.3. The maximum atomic E-state index is 10.0. The summed E-state index contributed by atoms with van der Waals surface area (Å²) in [7, 11) is 0. The Kier molecular flexibility index (Phi) is 4.78. The van der Waals surface area contributed by atoms with Crippen LogP contribution >= 0.6 is 0 Å². The standard InChI is InChI=1S/C27H19N5/c1-18-21(15-19-9-3-2-4-10-19)26(30-23-12-6-5-11-20(23)16-28)32-25-14-8-7-13-24(25)31-27(32)22(18)17-29/h2-14,30H,15H2,1H3. The third-order valence-corrected chi connectivity index (χ3v) is 5.76. The maximum absolute atomic E-state index is 10.0. The number of imidazole rings is 1. The molecule has 2 heterocycles.